The van der Waals surface area contributed by atoms with Crippen LogP contribution >= 0.6 is 12.4 Å². The average Bonchev–Trinajstić information content (AvgIpc) is 2.06. The lowest BCUT2D eigenvalue weighted by Crippen LogP contribution is -2.25. The van der Waals surface area contributed by atoms with Gasteiger partial charge < -0.3 is 10.1 Å². The first-order valence-corrected chi connectivity index (χ1v) is 4.69. The summed E-state index contributed by atoms with van der Waals surface area (Å²) in [7, 11) is 1.79. The zero-order valence-corrected chi connectivity index (χ0v) is 8.91. The summed E-state index contributed by atoms with van der Waals surface area (Å²) in [5.74, 6) is 0.544. The lowest BCUT2D eigenvalue weighted by Gasteiger charge is -2.23. The summed E-state index contributed by atoms with van der Waals surface area (Å²) >= 11 is 0. The van der Waals surface area contributed by atoms with Gasteiger partial charge in [0.15, 0.2) is 0 Å². The molecule has 1 heterocycles. The Hall–Kier alpha value is 0.140. The van der Waals surface area contributed by atoms with Crippen molar-refractivity contribution in [1.29, 1.82) is 0 Å². The van der Waals surface area contributed by atoms with Crippen LogP contribution in [0.25, 0.3) is 0 Å². The van der Waals surface area contributed by atoms with Crippen LogP contribution in [0.2, 0.25) is 0 Å². The first-order chi connectivity index (χ1) is 5.83. The van der Waals surface area contributed by atoms with Crippen LogP contribution in [0.5, 0.6) is 0 Å². The SMILES string of the molecule is CNCC(F)CC1CCOCC1.Cl. The third-order valence-electron chi connectivity index (χ3n) is 2.36. The molecule has 1 aliphatic rings. The minimum atomic E-state index is -0.682. The van der Waals surface area contributed by atoms with Gasteiger partial charge in [-0.25, -0.2) is 4.39 Å². The lowest BCUT2D eigenvalue weighted by atomic mass is 9.94. The highest BCUT2D eigenvalue weighted by Gasteiger charge is 2.18. The van der Waals surface area contributed by atoms with Crippen LogP contribution in [0.1, 0.15) is 19.3 Å². The van der Waals surface area contributed by atoms with Crippen LogP contribution in [-0.2, 0) is 4.74 Å². The number of alkyl halides is 1. The van der Waals surface area contributed by atoms with Gasteiger partial charge in [0.2, 0.25) is 0 Å². The molecule has 0 radical (unpaired) electrons. The van der Waals surface area contributed by atoms with Gasteiger partial charge in [0.05, 0.1) is 0 Å². The molecule has 2 nitrogen and oxygen atoms in total. The summed E-state index contributed by atoms with van der Waals surface area (Å²) in [6.07, 6.45) is 2.08. The molecule has 0 amide bonds. The van der Waals surface area contributed by atoms with E-state index in [4.69, 9.17) is 4.74 Å². The monoisotopic (exact) mass is 211 g/mol. The van der Waals surface area contributed by atoms with Crippen molar-refractivity contribution in [3.8, 4) is 0 Å². The zero-order chi connectivity index (χ0) is 8.81. The topological polar surface area (TPSA) is 21.3 Å². The zero-order valence-electron chi connectivity index (χ0n) is 8.09. The van der Waals surface area contributed by atoms with E-state index in [0.717, 1.165) is 26.1 Å². The molecule has 1 N–H and O–H groups in total. The molecule has 1 rings (SSSR count). The Morgan fingerprint density at radius 1 is 1.46 bits per heavy atom. The summed E-state index contributed by atoms with van der Waals surface area (Å²) < 4.78 is 18.3. The fourth-order valence-electron chi connectivity index (χ4n) is 1.65. The Bertz CT molecular complexity index is 120. The molecule has 1 unspecified atom stereocenters. The molecule has 0 bridgehead atoms. The quantitative estimate of drug-likeness (QED) is 0.766. The van der Waals surface area contributed by atoms with Gasteiger partial charge in [-0.05, 0) is 32.2 Å². The van der Waals surface area contributed by atoms with Crippen LogP contribution < -0.4 is 5.32 Å². The molecule has 0 saturated carbocycles. The van der Waals surface area contributed by atoms with E-state index in [9.17, 15) is 4.39 Å². The average molecular weight is 212 g/mol. The van der Waals surface area contributed by atoms with Crippen molar-refractivity contribution < 1.29 is 9.13 Å². The molecule has 0 aromatic rings. The standard InChI is InChI=1S/C9H18FNO.ClH/c1-11-7-9(10)6-8-2-4-12-5-3-8;/h8-9,11H,2-7H2,1H3;1H. The molecule has 1 atom stereocenters. The predicted molar refractivity (Wildman–Crippen MR) is 54.2 cm³/mol. The highest BCUT2D eigenvalue weighted by Crippen LogP contribution is 2.20. The minimum Gasteiger partial charge on any atom is -0.381 e. The van der Waals surface area contributed by atoms with Gasteiger partial charge in [-0.15, -0.1) is 12.4 Å². The fourth-order valence-corrected chi connectivity index (χ4v) is 1.65. The Morgan fingerprint density at radius 3 is 2.62 bits per heavy atom. The minimum absolute atomic E-state index is 0. The van der Waals surface area contributed by atoms with Crippen molar-refractivity contribution in [2.75, 3.05) is 26.8 Å². The number of halogens is 2. The molecule has 0 aliphatic carbocycles. The molecule has 13 heavy (non-hydrogen) atoms. The summed E-state index contributed by atoms with van der Waals surface area (Å²) in [4.78, 5) is 0. The highest BCUT2D eigenvalue weighted by molar-refractivity contribution is 5.85. The molecule has 80 valence electrons. The Kier molecular flexibility index (Phi) is 7.62. The van der Waals surface area contributed by atoms with Gasteiger partial charge in [-0.1, -0.05) is 0 Å². The second-order valence-corrected chi connectivity index (χ2v) is 3.45. The largest absolute Gasteiger partial charge is 0.381 e. The summed E-state index contributed by atoms with van der Waals surface area (Å²) in [5.41, 5.74) is 0. The second-order valence-electron chi connectivity index (χ2n) is 3.45. The Morgan fingerprint density at radius 2 is 2.08 bits per heavy atom. The van der Waals surface area contributed by atoms with Crippen molar-refractivity contribution in [3.63, 3.8) is 0 Å². The molecule has 0 spiro atoms. The third kappa shape index (κ3) is 5.45. The van der Waals surface area contributed by atoms with E-state index in [1.165, 1.54) is 0 Å². The van der Waals surface area contributed by atoms with E-state index in [1.807, 2.05) is 0 Å². The van der Waals surface area contributed by atoms with Crippen LogP contribution in [0.4, 0.5) is 4.39 Å². The van der Waals surface area contributed by atoms with E-state index >= 15 is 0 Å². The van der Waals surface area contributed by atoms with Crippen LogP contribution in [0.3, 0.4) is 0 Å². The second kappa shape index (κ2) is 7.54. The molecule has 1 saturated heterocycles. The van der Waals surface area contributed by atoms with Crippen LogP contribution in [0.15, 0.2) is 0 Å². The van der Waals surface area contributed by atoms with Gasteiger partial charge >= 0.3 is 0 Å². The molecule has 1 fully saturated rings. The van der Waals surface area contributed by atoms with Crippen molar-refractivity contribution >= 4 is 12.4 Å². The van der Waals surface area contributed by atoms with E-state index < -0.39 is 6.17 Å². The first-order valence-electron chi connectivity index (χ1n) is 4.69. The third-order valence-corrected chi connectivity index (χ3v) is 2.36. The number of hydrogen-bond acceptors (Lipinski definition) is 2. The highest BCUT2D eigenvalue weighted by atomic mass is 35.5. The van der Waals surface area contributed by atoms with E-state index in [-0.39, 0.29) is 12.4 Å². The molecular formula is C9H19ClFNO. The van der Waals surface area contributed by atoms with Gasteiger partial charge in [0.25, 0.3) is 0 Å². The number of rotatable bonds is 4. The van der Waals surface area contributed by atoms with Crippen LogP contribution in [0, 0.1) is 5.92 Å². The van der Waals surface area contributed by atoms with Crippen molar-refractivity contribution in [3.05, 3.63) is 0 Å². The predicted octanol–water partition coefficient (Wildman–Crippen LogP) is 1.78. The first kappa shape index (κ1) is 13.1. The van der Waals surface area contributed by atoms with Crippen molar-refractivity contribution in [1.82, 2.24) is 5.32 Å². The molecular weight excluding hydrogens is 193 g/mol. The molecule has 4 heteroatoms. The number of hydrogen-bond donors (Lipinski definition) is 1. The van der Waals surface area contributed by atoms with Crippen LogP contribution in [-0.4, -0.2) is 33.0 Å². The van der Waals surface area contributed by atoms with Gasteiger partial charge in [-0.2, -0.15) is 0 Å². The maximum Gasteiger partial charge on any atom is 0.113 e. The van der Waals surface area contributed by atoms with Crippen molar-refractivity contribution in [2.45, 2.75) is 25.4 Å². The smallest absolute Gasteiger partial charge is 0.113 e. The van der Waals surface area contributed by atoms with E-state index in [1.54, 1.807) is 7.05 Å². The maximum absolute atomic E-state index is 13.1. The fraction of sp³-hybridized carbons (Fsp3) is 1.00. The van der Waals surface area contributed by atoms with Crippen molar-refractivity contribution in [2.24, 2.45) is 5.92 Å². The summed E-state index contributed by atoms with van der Waals surface area (Å²) in [6.45, 7) is 2.12. The molecule has 1 aliphatic heterocycles. The Labute approximate surface area is 85.6 Å². The van der Waals surface area contributed by atoms with Gasteiger partial charge in [-0.3, -0.25) is 0 Å². The maximum atomic E-state index is 13.1. The number of nitrogens with one attached hydrogen (secondary N) is 1. The molecule has 0 aromatic heterocycles. The summed E-state index contributed by atoms with van der Waals surface area (Å²) in [6, 6.07) is 0. The molecule has 0 aromatic carbocycles. The van der Waals surface area contributed by atoms with Gasteiger partial charge in [0.1, 0.15) is 6.17 Å². The Balaban J connectivity index is 0.00000144. The van der Waals surface area contributed by atoms with E-state index in [0.29, 0.717) is 18.9 Å². The summed E-state index contributed by atoms with van der Waals surface area (Å²) in [5, 5.41) is 2.85. The lowest BCUT2D eigenvalue weighted by molar-refractivity contribution is 0.0557. The normalized spacial score (nSPS) is 20.8. The number of ether oxygens (including phenoxy) is 1. The van der Waals surface area contributed by atoms with E-state index in [2.05, 4.69) is 5.32 Å². The van der Waals surface area contributed by atoms with Gasteiger partial charge in [0, 0.05) is 19.8 Å².